The molecule has 38 heavy (non-hydrogen) atoms. The van der Waals surface area contributed by atoms with Gasteiger partial charge in [-0.25, -0.2) is 4.98 Å². The molecule has 1 amide bonds. The zero-order valence-corrected chi connectivity index (χ0v) is 22.9. The number of thioether (sulfide) groups is 1. The van der Waals surface area contributed by atoms with Crippen LogP contribution < -0.4 is 5.32 Å². The van der Waals surface area contributed by atoms with Crippen LogP contribution >= 0.6 is 23.1 Å². The molecule has 0 aliphatic heterocycles. The summed E-state index contributed by atoms with van der Waals surface area (Å²) in [6.45, 7) is 2.09. The standard InChI is InChI=1S/C30H29N5OS2/c1-20-12-17-25-26(18-20)38-29(32-25)22-13-15-23(16-14-22)31-27(36)19-37-30-34-33-28(21-8-4-2-5-9-21)35(30)24-10-6-3-7-11-24/h2,4-5,8-9,12-18,24H,3,6-7,10-11,19H2,1H3,(H,31,36). The first-order valence-corrected chi connectivity index (χ1v) is 14.8. The molecule has 6 nitrogen and oxygen atoms in total. The van der Waals surface area contributed by atoms with Crippen LogP contribution in [0.5, 0.6) is 0 Å². The van der Waals surface area contributed by atoms with E-state index in [1.54, 1.807) is 11.3 Å². The number of hydrogen-bond acceptors (Lipinski definition) is 6. The Labute approximate surface area is 230 Å². The second kappa shape index (κ2) is 11.1. The number of fused-ring (bicyclic) bond motifs is 1. The van der Waals surface area contributed by atoms with Crippen molar-refractivity contribution in [2.24, 2.45) is 0 Å². The van der Waals surface area contributed by atoms with Gasteiger partial charge >= 0.3 is 0 Å². The molecule has 3 aromatic carbocycles. The minimum absolute atomic E-state index is 0.0577. The fourth-order valence-corrected chi connectivity index (χ4v) is 6.88. The molecule has 5 aromatic rings. The van der Waals surface area contributed by atoms with Crippen molar-refractivity contribution in [1.82, 2.24) is 19.7 Å². The van der Waals surface area contributed by atoms with E-state index in [1.165, 1.54) is 41.3 Å². The van der Waals surface area contributed by atoms with Crippen molar-refractivity contribution < 1.29 is 4.79 Å². The summed E-state index contributed by atoms with van der Waals surface area (Å²) >= 11 is 3.14. The summed E-state index contributed by atoms with van der Waals surface area (Å²) in [5, 5.41) is 13.9. The molecule has 0 spiro atoms. The Bertz CT molecular complexity index is 1550. The first-order chi connectivity index (χ1) is 18.6. The summed E-state index contributed by atoms with van der Waals surface area (Å²) in [5.41, 5.74) is 5.13. The number of amides is 1. The lowest BCUT2D eigenvalue weighted by Crippen LogP contribution is -2.17. The van der Waals surface area contributed by atoms with Gasteiger partial charge in [0, 0.05) is 22.9 Å². The van der Waals surface area contributed by atoms with E-state index in [9.17, 15) is 4.79 Å². The summed E-state index contributed by atoms with van der Waals surface area (Å²) in [7, 11) is 0. The molecule has 192 valence electrons. The number of hydrogen-bond donors (Lipinski definition) is 1. The molecule has 1 saturated carbocycles. The van der Waals surface area contributed by atoms with E-state index in [-0.39, 0.29) is 11.7 Å². The van der Waals surface area contributed by atoms with Gasteiger partial charge in [0.05, 0.1) is 16.0 Å². The smallest absolute Gasteiger partial charge is 0.234 e. The van der Waals surface area contributed by atoms with Crippen LogP contribution in [0.2, 0.25) is 0 Å². The number of aromatic nitrogens is 4. The minimum atomic E-state index is -0.0577. The highest BCUT2D eigenvalue weighted by atomic mass is 32.2. The number of carbonyl (C=O) groups is 1. The fraction of sp³-hybridized carbons (Fsp3) is 0.267. The first kappa shape index (κ1) is 24.8. The number of nitrogens with one attached hydrogen (secondary N) is 1. The van der Waals surface area contributed by atoms with Gasteiger partial charge < -0.3 is 5.32 Å². The molecule has 2 heterocycles. The van der Waals surface area contributed by atoms with Crippen molar-refractivity contribution in [2.45, 2.75) is 50.2 Å². The number of thiazole rings is 1. The number of rotatable bonds is 7. The first-order valence-electron chi connectivity index (χ1n) is 13.0. The lowest BCUT2D eigenvalue weighted by atomic mass is 9.95. The van der Waals surface area contributed by atoms with Crippen LogP contribution in [0.25, 0.3) is 32.2 Å². The zero-order chi connectivity index (χ0) is 25.9. The quantitative estimate of drug-likeness (QED) is 0.214. The van der Waals surface area contributed by atoms with Gasteiger partial charge in [0.25, 0.3) is 0 Å². The van der Waals surface area contributed by atoms with Crippen LogP contribution in [0, 0.1) is 6.92 Å². The molecule has 2 aromatic heterocycles. The molecule has 0 saturated heterocycles. The van der Waals surface area contributed by atoms with Crippen LogP contribution in [-0.2, 0) is 4.79 Å². The molecular weight excluding hydrogens is 510 g/mol. The molecule has 1 fully saturated rings. The fourth-order valence-electron chi connectivity index (χ4n) is 5.01. The van der Waals surface area contributed by atoms with Gasteiger partial charge in [-0.15, -0.1) is 21.5 Å². The predicted molar refractivity (Wildman–Crippen MR) is 157 cm³/mol. The van der Waals surface area contributed by atoms with Gasteiger partial charge in [0.15, 0.2) is 11.0 Å². The third-order valence-corrected chi connectivity index (χ3v) is 8.94. The molecule has 1 N–H and O–H groups in total. The lowest BCUT2D eigenvalue weighted by Gasteiger charge is -2.25. The van der Waals surface area contributed by atoms with E-state index in [4.69, 9.17) is 4.98 Å². The van der Waals surface area contributed by atoms with E-state index >= 15 is 0 Å². The normalized spacial score (nSPS) is 14.1. The molecular formula is C30H29N5OS2. The minimum Gasteiger partial charge on any atom is -0.325 e. The Morgan fingerprint density at radius 3 is 2.55 bits per heavy atom. The highest BCUT2D eigenvalue weighted by Crippen LogP contribution is 2.36. The Balaban J connectivity index is 1.13. The number of benzene rings is 3. The molecule has 0 unspecified atom stereocenters. The summed E-state index contributed by atoms with van der Waals surface area (Å²) < 4.78 is 3.45. The number of carbonyl (C=O) groups excluding carboxylic acids is 1. The average molecular weight is 540 g/mol. The van der Waals surface area contributed by atoms with Gasteiger partial charge in [-0.3, -0.25) is 9.36 Å². The third-order valence-electron chi connectivity index (χ3n) is 6.93. The summed E-state index contributed by atoms with van der Waals surface area (Å²) in [6, 6.07) is 24.8. The van der Waals surface area contributed by atoms with Gasteiger partial charge in [-0.2, -0.15) is 0 Å². The molecule has 0 bridgehead atoms. The van der Waals surface area contributed by atoms with Crippen molar-refractivity contribution in [2.75, 3.05) is 11.1 Å². The molecule has 8 heteroatoms. The van der Waals surface area contributed by atoms with Crippen LogP contribution in [-0.4, -0.2) is 31.4 Å². The second-order valence-electron chi connectivity index (χ2n) is 9.74. The summed E-state index contributed by atoms with van der Waals surface area (Å²) in [4.78, 5) is 17.6. The Hall–Kier alpha value is -3.49. The van der Waals surface area contributed by atoms with Crippen LogP contribution in [0.3, 0.4) is 0 Å². The highest BCUT2D eigenvalue weighted by Gasteiger charge is 2.24. The van der Waals surface area contributed by atoms with Gasteiger partial charge in [-0.05, 0) is 61.7 Å². The van der Waals surface area contributed by atoms with Crippen molar-refractivity contribution >= 4 is 44.9 Å². The van der Waals surface area contributed by atoms with Crippen molar-refractivity contribution in [1.29, 1.82) is 0 Å². The average Bonchev–Trinajstić information content (AvgIpc) is 3.57. The predicted octanol–water partition coefficient (Wildman–Crippen LogP) is 7.77. The summed E-state index contributed by atoms with van der Waals surface area (Å²) in [5.74, 6) is 1.11. The lowest BCUT2D eigenvalue weighted by molar-refractivity contribution is -0.113. The zero-order valence-electron chi connectivity index (χ0n) is 21.3. The van der Waals surface area contributed by atoms with Crippen LogP contribution in [0.15, 0.2) is 78.0 Å². The van der Waals surface area contributed by atoms with E-state index < -0.39 is 0 Å². The van der Waals surface area contributed by atoms with Crippen LogP contribution in [0.4, 0.5) is 5.69 Å². The molecule has 0 radical (unpaired) electrons. The topological polar surface area (TPSA) is 72.7 Å². The third kappa shape index (κ3) is 5.37. The van der Waals surface area contributed by atoms with E-state index in [1.807, 2.05) is 42.5 Å². The number of nitrogens with zero attached hydrogens (tertiary/aromatic N) is 4. The maximum Gasteiger partial charge on any atom is 0.234 e. The Morgan fingerprint density at radius 2 is 1.76 bits per heavy atom. The highest BCUT2D eigenvalue weighted by molar-refractivity contribution is 7.99. The molecule has 1 aliphatic carbocycles. The van der Waals surface area contributed by atoms with Crippen molar-refractivity contribution in [3.8, 4) is 22.0 Å². The SMILES string of the molecule is Cc1ccc2nc(-c3ccc(NC(=O)CSc4nnc(-c5ccccc5)n4C4CCCCC4)cc3)sc2c1. The van der Waals surface area contributed by atoms with Gasteiger partial charge in [0.1, 0.15) is 5.01 Å². The molecule has 1 aliphatic rings. The second-order valence-corrected chi connectivity index (χ2v) is 11.7. The van der Waals surface area contributed by atoms with E-state index in [2.05, 4.69) is 57.3 Å². The Morgan fingerprint density at radius 1 is 0.974 bits per heavy atom. The monoisotopic (exact) mass is 539 g/mol. The van der Waals surface area contributed by atoms with Gasteiger partial charge in [-0.1, -0.05) is 67.4 Å². The number of aryl methyl sites for hydroxylation is 1. The Kier molecular flexibility index (Phi) is 7.25. The van der Waals surface area contributed by atoms with Gasteiger partial charge in [0.2, 0.25) is 5.91 Å². The van der Waals surface area contributed by atoms with Crippen molar-refractivity contribution in [3.63, 3.8) is 0 Å². The molecule has 6 rings (SSSR count). The largest absolute Gasteiger partial charge is 0.325 e. The maximum absolute atomic E-state index is 12.9. The van der Waals surface area contributed by atoms with Crippen molar-refractivity contribution in [3.05, 3.63) is 78.4 Å². The van der Waals surface area contributed by atoms with E-state index in [0.29, 0.717) is 6.04 Å². The molecule has 0 atom stereocenters. The van der Waals surface area contributed by atoms with E-state index in [0.717, 1.165) is 51.2 Å². The summed E-state index contributed by atoms with van der Waals surface area (Å²) in [6.07, 6.45) is 5.96. The number of anilines is 1. The van der Waals surface area contributed by atoms with Crippen LogP contribution in [0.1, 0.15) is 43.7 Å². The maximum atomic E-state index is 12.9.